The maximum Gasteiger partial charge on any atom is 0.414 e. The zero-order valence-electron chi connectivity index (χ0n) is 15.0. The maximum absolute atomic E-state index is 12.9. The molecular formula is C18H16BrCl2N3O4S. The maximum atomic E-state index is 12.9. The van der Waals surface area contributed by atoms with Gasteiger partial charge in [0.2, 0.25) is 10.0 Å². The van der Waals surface area contributed by atoms with Crippen molar-refractivity contribution in [3.8, 4) is 0 Å². The molecule has 4 rings (SSSR count). The number of pyridine rings is 1. The Hall–Kier alpha value is -1.39. The van der Waals surface area contributed by atoms with Gasteiger partial charge in [0.25, 0.3) is 0 Å². The Morgan fingerprint density at radius 1 is 1.17 bits per heavy atom. The second-order valence-corrected chi connectivity index (χ2v) is 10.4. The monoisotopic (exact) mass is 519 g/mol. The van der Waals surface area contributed by atoms with E-state index < -0.39 is 16.1 Å². The number of rotatable bonds is 3. The van der Waals surface area contributed by atoms with Crippen molar-refractivity contribution >= 4 is 60.9 Å². The van der Waals surface area contributed by atoms with E-state index >= 15 is 0 Å². The average molecular weight is 521 g/mol. The second kappa shape index (κ2) is 8.03. The fraction of sp³-hybridized carbons (Fsp3) is 0.333. The van der Waals surface area contributed by atoms with Gasteiger partial charge in [-0.25, -0.2) is 18.2 Å². The number of ether oxygens (including phenoxy) is 1. The number of nitrogens with zero attached hydrogens (tertiary/aromatic N) is 3. The molecular weight excluding hydrogens is 505 g/mol. The van der Waals surface area contributed by atoms with Crippen LogP contribution in [0.4, 0.5) is 10.5 Å². The predicted molar refractivity (Wildman–Crippen MR) is 113 cm³/mol. The predicted octanol–water partition coefficient (Wildman–Crippen LogP) is 4.46. The number of amides is 1. The lowest BCUT2D eigenvalue weighted by molar-refractivity contribution is 0.136. The number of halogens is 3. The van der Waals surface area contributed by atoms with E-state index in [0.29, 0.717) is 22.3 Å². The number of hydrogen-bond acceptors (Lipinski definition) is 5. The Bertz CT molecular complexity index is 1070. The molecule has 2 aromatic rings. The molecule has 0 N–H and O–H groups in total. The fourth-order valence-corrected chi connectivity index (χ4v) is 5.83. The third kappa shape index (κ3) is 3.98. The van der Waals surface area contributed by atoms with Crippen LogP contribution in [-0.4, -0.2) is 42.9 Å². The van der Waals surface area contributed by atoms with Crippen LogP contribution < -0.4 is 4.90 Å². The molecule has 0 atom stereocenters. The van der Waals surface area contributed by atoms with E-state index in [4.69, 9.17) is 27.9 Å². The Kier molecular flexibility index (Phi) is 5.78. The highest BCUT2D eigenvalue weighted by Crippen LogP contribution is 2.34. The number of anilines is 1. The number of cyclic esters (lactones) is 1. The van der Waals surface area contributed by atoms with E-state index in [0.717, 1.165) is 11.3 Å². The lowest BCUT2D eigenvalue weighted by Crippen LogP contribution is -2.50. The Balaban J connectivity index is 1.52. The first kappa shape index (κ1) is 20.9. The minimum absolute atomic E-state index is 0.0737. The zero-order valence-corrected chi connectivity index (χ0v) is 18.9. The summed E-state index contributed by atoms with van der Waals surface area (Å²) in [5.41, 5.74) is 1.60. The number of carbonyl (C=O) groups excluding carboxylic acids is 1. The zero-order chi connectivity index (χ0) is 20.8. The van der Waals surface area contributed by atoms with Crippen molar-refractivity contribution in [1.82, 2.24) is 9.29 Å². The van der Waals surface area contributed by atoms with Gasteiger partial charge in [-0.2, -0.15) is 4.31 Å². The molecule has 1 amide bonds. The van der Waals surface area contributed by atoms with Crippen LogP contribution >= 0.6 is 39.1 Å². The minimum Gasteiger partial charge on any atom is -0.444 e. The summed E-state index contributed by atoms with van der Waals surface area (Å²) in [5, 5.41) is 0.773. The first-order valence-electron chi connectivity index (χ1n) is 8.83. The molecule has 0 unspecified atom stereocenters. The van der Waals surface area contributed by atoms with E-state index in [1.807, 2.05) is 0 Å². The highest BCUT2D eigenvalue weighted by Gasteiger charge is 2.37. The summed E-state index contributed by atoms with van der Waals surface area (Å²) in [6.45, 7) is 0.733. The van der Waals surface area contributed by atoms with E-state index in [2.05, 4.69) is 20.9 Å². The van der Waals surface area contributed by atoms with Crippen LogP contribution in [-0.2, 0) is 21.4 Å². The van der Waals surface area contributed by atoms with Gasteiger partial charge in [0.1, 0.15) is 16.7 Å². The van der Waals surface area contributed by atoms with E-state index in [-0.39, 0.29) is 35.8 Å². The van der Waals surface area contributed by atoms with Crippen LogP contribution in [0.2, 0.25) is 10.2 Å². The van der Waals surface area contributed by atoms with Crippen LogP contribution in [0.15, 0.2) is 39.8 Å². The van der Waals surface area contributed by atoms with Crippen LogP contribution in [0.25, 0.3) is 0 Å². The smallest absolute Gasteiger partial charge is 0.414 e. The minimum atomic E-state index is -3.71. The van der Waals surface area contributed by atoms with Crippen molar-refractivity contribution in [1.29, 1.82) is 0 Å². The van der Waals surface area contributed by atoms with Gasteiger partial charge in [0.05, 0.1) is 10.2 Å². The number of carbonyl (C=O) groups is 1. The molecule has 0 bridgehead atoms. The summed E-state index contributed by atoms with van der Waals surface area (Å²) < 4.78 is 33.0. The molecule has 1 aromatic carbocycles. The van der Waals surface area contributed by atoms with E-state index in [9.17, 15) is 13.2 Å². The summed E-state index contributed by atoms with van der Waals surface area (Å²) >= 11 is 15.1. The molecule has 11 heteroatoms. The van der Waals surface area contributed by atoms with E-state index in [1.54, 1.807) is 23.1 Å². The van der Waals surface area contributed by atoms with Gasteiger partial charge in [-0.05, 0) is 53.0 Å². The standard InChI is InChI=1S/C18H16BrCl2N3O4S/c19-15-8-14(9-22-17(15)21)29(26,27)23-5-3-13(4-6-23)24-16-2-1-12(20)7-11(16)10-28-18(24)25/h1-2,7-9,13H,3-6,10H2. The van der Waals surface area contributed by atoms with Crippen LogP contribution in [0, 0.1) is 0 Å². The number of benzene rings is 1. The van der Waals surface area contributed by atoms with Crippen LogP contribution in [0.1, 0.15) is 18.4 Å². The molecule has 2 aliphatic rings. The number of piperidine rings is 1. The number of aromatic nitrogens is 1. The lowest BCUT2D eigenvalue weighted by Gasteiger charge is -2.39. The first-order valence-corrected chi connectivity index (χ1v) is 11.8. The van der Waals surface area contributed by atoms with Crippen molar-refractivity contribution < 1.29 is 17.9 Å². The van der Waals surface area contributed by atoms with Crippen LogP contribution in [0.5, 0.6) is 0 Å². The molecule has 1 fully saturated rings. The third-order valence-electron chi connectivity index (χ3n) is 5.05. The molecule has 0 spiro atoms. The fourth-order valence-electron chi connectivity index (χ4n) is 3.59. The largest absolute Gasteiger partial charge is 0.444 e. The van der Waals surface area contributed by atoms with Gasteiger partial charge in [0.15, 0.2) is 0 Å². The Morgan fingerprint density at radius 3 is 2.59 bits per heavy atom. The number of hydrogen-bond donors (Lipinski definition) is 0. The highest BCUT2D eigenvalue weighted by molar-refractivity contribution is 9.10. The summed E-state index contributed by atoms with van der Waals surface area (Å²) in [4.78, 5) is 18.0. The molecule has 29 heavy (non-hydrogen) atoms. The third-order valence-corrected chi connectivity index (χ3v) is 8.28. The topological polar surface area (TPSA) is 79.8 Å². The number of sulfonamides is 1. The van der Waals surface area contributed by atoms with Crippen molar-refractivity contribution in [3.63, 3.8) is 0 Å². The van der Waals surface area contributed by atoms with Gasteiger partial charge < -0.3 is 4.74 Å². The van der Waals surface area contributed by atoms with Crippen molar-refractivity contribution in [3.05, 3.63) is 50.7 Å². The van der Waals surface area contributed by atoms with Crippen LogP contribution in [0.3, 0.4) is 0 Å². The summed E-state index contributed by atoms with van der Waals surface area (Å²) in [7, 11) is -3.71. The van der Waals surface area contributed by atoms with Gasteiger partial charge in [-0.15, -0.1) is 0 Å². The van der Waals surface area contributed by atoms with Crippen molar-refractivity contribution in [2.45, 2.75) is 30.4 Å². The first-order chi connectivity index (χ1) is 13.8. The molecule has 1 saturated heterocycles. The molecule has 0 aliphatic carbocycles. The Morgan fingerprint density at radius 2 is 1.90 bits per heavy atom. The molecule has 3 heterocycles. The number of fused-ring (bicyclic) bond motifs is 1. The Labute approximate surface area is 186 Å². The highest BCUT2D eigenvalue weighted by atomic mass is 79.9. The molecule has 154 valence electrons. The lowest BCUT2D eigenvalue weighted by atomic mass is 10.0. The van der Waals surface area contributed by atoms with Gasteiger partial charge in [-0.1, -0.05) is 23.2 Å². The molecule has 7 nitrogen and oxygen atoms in total. The molecule has 0 radical (unpaired) electrons. The van der Waals surface area contributed by atoms with Gasteiger partial charge >= 0.3 is 6.09 Å². The molecule has 0 saturated carbocycles. The molecule has 2 aliphatic heterocycles. The SMILES string of the molecule is O=C1OCc2cc(Cl)ccc2N1C1CCN(S(=O)(=O)c2cnc(Cl)c(Br)c2)CC1. The van der Waals surface area contributed by atoms with Crippen molar-refractivity contribution in [2.24, 2.45) is 0 Å². The van der Waals surface area contributed by atoms with Gasteiger partial charge in [-0.3, -0.25) is 4.90 Å². The summed E-state index contributed by atoms with van der Waals surface area (Å²) in [5.74, 6) is 0. The van der Waals surface area contributed by atoms with Crippen molar-refractivity contribution in [2.75, 3.05) is 18.0 Å². The van der Waals surface area contributed by atoms with E-state index in [1.165, 1.54) is 16.6 Å². The summed E-state index contributed by atoms with van der Waals surface area (Å²) in [6, 6.07) is 6.60. The average Bonchev–Trinajstić information content (AvgIpc) is 2.70. The second-order valence-electron chi connectivity index (χ2n) is 6.78. The quantitative estimate of drug-likeness (QED) is 0.558. The normalized spacial score (nSPS) is 18.4. The summed E-state index contributed by atoms with van der Waals surface area (Å²) in [6.07, 6.45) is 1.79. The van der Waals surface area contributed by atoms with Gasteiger partial charge in [0, 0.05) is 35.9 Å². The molecule has 1 aromatic heterocycles.